The van der Waals surface area contributed by atoms with Crippen molar-refractivity contribution in [3.05, 3.63) is 65.9 Å². The Morgan fingerprint density at radius 3 is 2.22 bits per heavy atom. The van der Waals surface area contributed by atoms with E-state index < -0.39 is 0 Å². The second kappa shape index (κ2) is 7.14. The average molecular weight is 324 g/mol. The van der Waals surface area contributed by atoms with Gasteiger partial charge in [-0.15, -0.1) is 12.4 Å². The second-order valence-electron chi connectivity index (χ2n) is 6.21. The molecule has 0 amide bonds. The van der Waals surface area contributed by atoms with Crippen molar-refractivity contribution < 1.29 is 0 Å². The minimum atomic E-state index is 0. The molecule has 23 heavy (non-hydrogen) atoms. The van der Waals surface area contributed by atoms with Crippen LogP contribution in [0.25, 0.3) is 22.0 Å². The maximum atomic E-state index is 5.00. The molecule has 4 rings (SSSR count). The molecule has 1 aliphatic rings. The van der Waals surface area contributed by atoms with Gasteiger partial charge in [0.15, 0.2) is 0 Å². The normalized spacial score (nSPS) is 14.4. The monoisotopic (exact) mass is 323 g/mol. The Morgan fingerprint density at radius 2 is 1.39 bits per heavy atom. The third-order valence-corrected chi connectivity index (χ3v) is 4.73. The SMILES string of the molecule is Cl.c1ccc(-c2c3c(nc4ccccc24)CCCCCC3)cc1. The molecule has 0 spiro atoms. The third kappa shape index (κ3) is 3.11. The van der Waals surface area contributed by atoms with Crippen molar-refractivity contribution >= 4 is 23.3 Å². The van der Waals surface area contributed by atoms with Crippen LogP contribution in [0.3, 0.4) is 0 Å². The standard InChI is InChI=1S/C21H21N.ClH/c1-2-7-14-19-17(12-6-1)21(16-10-4-3-5-11-16)18-13-8-9-15-20(18)22-19;/h3-5,8-11,13,15H,1-2,6-7,12,14H2;1H. The van der Waals surface area contributed by atoms with E-state index in [1.54, 1.807) is 0 Å². The lowest BCUT2D eigenvalue weighted by Gasteiger charge is -2.19. The molecule has 0 unspecified atom stereocenters. The number of pyridine rings is 1. The van der Waals surface area contributed by atoms with Gasteiger partial charge in [0.2, 0.25) is 0 Å². The van der Waals surface area contributed by atoms with Gasteiger partial charge in [0.25, 0.3) is 0 Å². The van der Waals surface area contributed by atoms with E-state index in [4.69, 9.17) is 4.98 Å². The minimum Gasteiger partial charge on any atom is -0.253 e. The summed E-state index contributed by atoms with van der Waals surface area (Å²) in [5, 5.41) is 1.30. The number of fused-ring (bicyclic) bond motifs is 2. The number of rotatable bonds is 1. The molecular weight excluding hydrogens is 302 g/mol. The smallest absolute Gasteiger partial charge is 0.0711 e. The molecule has 118 valence electrons. The van der Waals surface area contributed by atoms with Crippen LogP contribution in [-0.2, 0) is 12.8 Å². The van der Waals surface area contributed by atoms with E-state index in [-0.39, 0.29) is 12.4 Å². The summed E-state index contributed by atoms with van der Waals surface area (Å²) >= 11 is 0. The summed E-state index contributed by atoms with van der Waals surface area (Å²) in [4.78, 5) is 5.00. The van der Waals surface area contributed by atoms with E-state index in [9.17, 15) is 0 Å². The van der Waals surface area contributed by atoms with Crippen molar-refractivity contribution in [1.29, 1.82) is 0 Å². The van der Waals surface area contributed by atoms with Crippen LogP contribution in [-0.4, -0.2) is 4.98 Å². The van der Waals surface area contributed by atoms with Crippen LogP contribution in [0.1, 0.15) is 36.9 Å². The first-order valence-electron chi connectivity index (χ1n) is 8.39. The highest BCUT2D eigenvalue weighted by Crippen LogP contribution is 2.35. The van der Waals surface area contributed by atoms with E-state index in [1.165, 1.54) is 53.5 Å². The molecule has 2 aromatic carbocycles. The van der Waals surface area contributed by atoms with Gasteiger partial charge in [0, 0.05) is 11.1 Å². The van der Waals surface area contributed by atoms with Crippen molar-refractivity contribution in [1.82, 2.24) is 4.98 Å². The van der Waals surface area contributed by atoms with Crippen molar-refractivity contribution in [3.8, 4) is 11.1 Å². The summed E-state index contributed by atoms with van der Waals surface area (Å²) in [6, 6.07) is 19.5. The summed E-state index contributed by atoms with van der Waals surface area (Å²) in [5.41, 5.74) is 6.71. The van der Waals surface area contributed by atoms with E-state index >= 15 is 0 Å². The number of para-hydroxylation sites is 1. The highest BCUT2D eigenvalue weighted by Gasteiger charge is 2.17. The Morgan fingerprint density at radius 1 is 0.696 bits per heavy atom. The Labute approximate surface area is 144 Å². The zero-order valence-corrected chi connectivity index (χ0v) is 14.1. The van der Waals surface area contributed by atoms with Crippen molar-refractivity contribution in [2.24, 2.45) is 0 Å². The van der Waals surface area contributed by atoms with Gasteiger partial charge in [0.1, 0.15) is 0 Å². The first-order valence-corrected chi connectivity index (χ1v) is 8.39. The molecule has 1 nitrogen and oxygen atoms in total. The van der Waals surface area contributed by atoms with E-state index in [1.807, 2.05) is 0 Å². The Kier molecular flexibility index (Phi) is 4.97. The molecule has 0 radical (unpaired) electrons. The van der Waals surface area contributed by atoms with E-state index in [0.29, 0.717) is 0 Å². The van der Waals surface area contributed by atoms with Crippen molar-refractivity contribution in [2.45, 2.75) is 38.5 Å². The molecule has 3 aromatic rings. The van der Waals surface area contributed by atoms with Gasteiger partial charge in [-0.25, -0.2) is 0 Å². The lowest BCUT2D eigenvalue weighted by Crippen LogP contribution is -2.05. The van der Waals surface area contributed by atoms with Crippen molar-refractivity contribution in [3.63, 3.8) is 0 Å². The zero-order chi connectivity index (χ0) is 14.8. The molecule has 1 aliphatic carbocycles. The fourth-order valence-electron chi connectivity index (χ4n) is 3.66. The van der Waals surface area contributed by atoms with Crippen LogP contribution in [0.5, 0.6) is 0 Å². The summed E-state index contributed by atoms with van der Waals surface area (Å²) < 4.78 is 0. The molecule has 2 heteroatoms. The Balaban J connectivity index is 0.00000156. The largest absolute Gasteiger partial charge is 0.253 e. The van der Waals surface area contributed by atoms with Gasteiger partial charge in [-0.05, 0) is 48.4 Å². The van der Waals surface area contributed by atoms with Crippen LogP contribution in [0.2, 0.25) is 0 Å². The maximum Gasteiger partial charge on any atom is 0.0711 e. The molecule has 1 heterocycles. The average Bonchev–Trinajstić information content (AvgIpc) is 2.55. The summed E-state index contributed by atoms with van der Waals surface area (Å²) in [5.74, 6) is 0. The van der Waals surface area contributed by atoms with E-state index in [2.05, 4.69) is 54.6 Å². The zero-order valence-electron chi connectivity index (χ0n) is 13.3. The highest BCUT2D eigenvalue weighted by atomic mass is 35.5. The van der Waals surface area contributed by atoms with E-state index in [0.717, 1.165) is 18.4 Å². The maximum absolute atomic E-state index is 5.00. The fraction of sp³-hybridized carbons (Fsp3) is 0.286. The quantitative estimate of drug-likeness (QED) is 0.536. The predicted molar refractivity (Wildman–Crippen MR) is 100 cm³/mol. The molecule has 0 aliphatic heterocycles. The van der Waals surface area contributed by atoms with Gasteiger partial charge < -0.3 is 0 Å². The van der Waals surface area contributed by atoms with Gasteiger partial charge in [-0.1, -0.05) is 61.4 Å². The lowest BCUT2D eigenvalue weighted by atomic mass is 9.88. The van der Waals surface area contributed by atoms with Gasteiger partial charge in [0.05, 0.1) is 5.52 Å². The van der Waals surface area contributed by atoms with Crippen LogP contribution in [0.15, 0.2) is 54.6 Å². The number of halogens is 1. The molecule has 0 bridgehead atoms. The summed E-state index contributed by atoms with van der Waals surface area (Å²) in [7, 11) is 0. The van der Waals surface area contributed by atoms with Gasteiger partial charge >= 0.3 is 0 Å². The Hall–Kier alpha value is -1.86. The number of aryl methyl sites for hydroxylation is 1. The van der Waals surface area contributed by atoms with Crippen LogP contribution >= 0.6 is 12.4 Å². The molecule has 0 saturated heterocycles. The first kappa shape index (κ1) is 16.0. The molecule has 0 N–H and O–H groups in total. The van der Waals surface area contributed by atoms with Crippen LogP contribution in [0, 0.1) is 0 Å². The molecule has 0 saturated carbocycles. The topological polar surface area (TPSA) is 12.9 Å². The summed E-state index contributed by atoms with van der Waals surface area (Å²) in [6.07, 6.45) is 7.53. The van der Waals surface area contributed by atoms with Crippen molar-refractivity contribution in [2.75, 3.05) is 0 Å². The number of nitrogens with zero attached hydrogens (tertiary/aromatic N) is 1. The van der Waals surface area contributed by atoms with Gasteiger partial charge in [-0.2, -0.15) is 0 Å². The number of benzene rings is 2. The Bertz CT molecular complexity index is 796. The molecule has 0 atom stereocenters. The number of hydrogen-bond acceptors (Lipinski definition) is 1. The fourth-order valence-corrected chi connectivity index (χ4v) is 3.66. The second-order valence-corrected chi connectivity index (χ2v) is 6.21. The van der Waals surface area contributed by atoms with Gasteiger partial charge in [-0.3, -0.25) is 4.98 Å². The van der Waals surface area contributed by atoms with Crippen LogP contribution < -0.4 is 0 Å². The highest BCUT2D eigenvalue weighted by molar-refractivity contribution is 5.96. The molecule has 0 fully saturated rings. The lowest BCUT2D eigenvalue weighted by molar-refractivity contribution is 0.611. The molecular formula is C21H22ClN. The summed E-state index contributed by atoms with van der Waals surface area (Å²) in [6.45, 7) is 0. The number of aromatic nitrogens is 1. The molecule has 1 aromatic heterocycles. The predicted octanol–water partition coefficient (Wildman–Crippen LogP) is 5.98. The number of hydrogen-bond donors (Lipinski definition) is 0. The van der Waals surface area contributed by atoms with Crippen LogP contribution in [0.4, 0.5) is 0 Å². The first-order chi connectivity index (χ1) is 10.9. The minimum absolute atomic E-state index is 0. The third-order valence-electron chi connectivity index (χ3n) is 4.73.